The monoisotopic (exact) mass is 360 g/mol. The number of carbonyl (C=O) groups is 2. The Bertz CT molecular complexity index is 649. The Balaban J connectivity index is 1.71. The lowest BCUT2D eigenvalue weighted by molar-refractivity contribution is 0.103. The maximum atomic E-state index is 12.3. The summed E-state index contributed by atoms with van der Waals surface area (Å²) in [6.45, 7) is 1.94. The van der Waals surface area contributed by atoms with Crippen molar-refractivity contribution >= 4 is 35.1 Å². The van der Waals surface area contributed by atoms with Gasteiger partial charge in [0.15, 0.2) is 11.6 Å². The summed E-state index contributed by atoms with van der Waals surface area (Å²) in [5.74, 6) is 2.00. The zero-order valence-electron chi connectivity index (χ0n) is 13.8. The number of rotatable bonds is 4. The van der Waals surface area contributed by atoms with Gasteiger partial charge in [-0.15, -0.1) is 23.5 Å². The summed E-state index contributed by atoms with van der Waals surface area (Å²) in [5, 5.41) is 2.01. The molecule has 24 heavy (non-hydrogen) atoms. The van der Waals surface area contributed by atoms with Gasteiger partial charge >= 0.3 is 0 Å². The maximum absolute atomic E-state index is 12.3. The predicted molar refractivity (Wildman–Crippen MR) is 101 cm³/mol. The van der Waals surface area contributed by atoms with E-state index in [9.17, 15) is 9.59 Å². The topological polar surface area (TPSA) is 40.6 Å². The van der Waals surface area contributed by atoms with Gasteiger partial charge in [-0.05, 0) is 0 Å². The van der Waals surface area contributed by atoms with E-state index in [-0.39, 0.29) is 11.6 Å². The van der Waals surface area contributed by atoms with Crippen molar-refractivity contribution in [1.82, 2.24) is 9.80 Å². The summed E-state index contributed by atoms with van der Waals surface area (Å²) in [6, 6.07) is 6.93. The van der Waals surface area contributed by atoms with Crippen molar-refractivity contribution in [2.45, 2.75) is 0 Å². The van der Waals surface area contributed by atoms with Crippen LogP contribution in [-0.2, 0) is 0 Å². The van der Waals surface area contributed by atoms with E-state index in [1.807, 2.05) is 14.1 Å². The molecule has 0 atom stereocenters. The van der Waals surface area contributed by atoms with Crippen molar-refractivity contribution in [3.8, 4) is 0 Å². The van der Waals surface area contributed by atoms with E-state index in [4.69, 9.17) is 0 Å². The Kier molecular flexibility index (Phi) is 5.36. The molecule has 0 saturated carbocycles. The van der Waals surface area contributed by atoms with Gasteiger partial charge < -0.3 is 9.80 Å². The molecule has 3 rings (SSSR count). The fraction of sp³-hybridized carbons (Fsp3) is 0.333. The summed E-state index contributed by atoms with van der Waals surface area (Å²) in [4.78, 5) is 28.8. The number of thioether (sulfide) groups is 2. The predicted octanol–water partition coefficient (Wildman–Crippen LogP) is 3.09. The molecule has 2 aliphatic heterocycles. The first-order valence-electron chi connectivity index (χ1n) is 7.84. The average Bonchev–Trinajstić information content (AvgIpc) is 3.16. The molecule has 2 saturated heterocycles. The smallest absolute Gasteiger partial charge is 0.188 e. The molecule has 4 nitrogen and oxygen atoms in total. The normalized spacial score (nSPS) is 21.1. The van der Waals surface area contributed by atoms with Crippen molar-refractivity contribution in [3.05, 3.63) is 57.6 Å². The van der Waals surface area contributed by atoms with E-state index >= 15 is 0 Å². The van der Waals surface area contributed by atoms with Gasteiger partial charge in [0.05, 0.1) is 10.1 Å². The zero-order chi connectivity index (χ0) is 17.1. The second-order valence-electron chi connectivity index (χ2n) is 5.81. The van der Waals surface area contributed by atoms with Crippen LogP contribution in [0.25, 0.3) is 0 Å². The van der Waals surface area contributed by atoms with Crippen molar-refractivity contribution in [2.75, 3.05) is 38.7 Å². The van der Waals surface area contributed by atoms with Gasteiger partial charge in [0.25, 0.3) is 0 Å². The third kappa shape index (κ3) is 3.87. The van der Waals surface area contributed by atoms with Crippen LogP contribution in [0.4, 0.5) is 0 Å². The molecule has 0 amide bonds. The van der Waals surface area contributed by atoms with Crippen LogP contribution in [0.3, 0.4) is 0 Å². The lowest BCUT2D eigenvalue weighted by atomic mass is 10.1. The van der Waals surface area contributed by atoms with Crippen molar-refractivity contribution in [2.24, 2.45) is 0 Å². The molecule has 0 radical (unpaired) electrons. The molecule has 0 aliphatic carbocycles. The molecule has 0 spiro atoms. The summed E-state index contributed by atoms with van der Waals surface area (Å²) in [6.07, 6.45) is 3.36. The molecule has 2 heterocycles. The highest BCUT2D eigenvalue weighted by Gasteiger charge is 2.17. The van der Waals surface area contributed by atoms with E-state index in [0.717, 1.165) is 34.7 Å². The third-order valence-corrected chi connectivity index (χ3v) is 6.29. The fourth-order valence-electron chi connectivity index (χ4n) is 2.51. The van der Waals surface area contributed by atoms with Crippen LogP contribution in [-0.4, -0.2) is 60.1 Å². The summed E-state index contributed by atoms with van der Waals surface area (Å²) in [7, 11) is 3.98. The van der Waals surface area contributed by atoms with Crippen LogP contribution in [0.5, 0.6) is 0 Å². The third-order valence-electron chi connectivity index (χ3n) is 4.07. The standard InChI is InChI=1S/C18H20N2O2S2/c1-19-7-9-23-17(19)11-15(21)13-3-5-14(6-4-13)16(22)12-18-20(2)8-10-24-18/h3-6,11-12H,7-10H2,1-2H3/b17-11-,18-12+. The minimum atomic E-state index is -0.0188. The molecule has 2 fully saturated rings. The molecule has 0 unspecified atom stereocenters. The van der Waals surface area contributed by atoms with Crippen LogP contribution in [0.2, 0.25) is 0 Å². The lowest BCUT2D eigenvalue weighted by Gasteiger charge is -2.11. The minimum absolute atomic E-state index is 0.0188. The second kappa shape index (κ2) is 7.49. The SMILES string of the molecule is CN1CCS/C1=C\C(=O)c1ccc(C(=O)/C=C2/SCCN2C)cc1. The van der Waals surface area contributed by atoms with E-state index < -0.39 is 0 Å². The Morgan fingerprint density at radius 3 is 1.50 bits per heavy atom. The lowest BCUT2D eigenvalue weighted by Crippen LogP contribution is -2.12. The van der Waals surface area contributed by atoms with Crippen molar-refractivity contribution < 1.29 is 9.59 Å². The number of allylic oxidation sites excluding steroid dienone is 2. The highest BCUT2D eigenvalue weighted by molar-refractivity contribution is 8.03. The molecule has 0 N–H and O–H groups in total. The quantitative estimate of drug-likeness (QED) is 0.607. The first-order chi connectivity index (χ1) is 11.5. The van der Waals surface area contributed by atoms with E-state index in [2.05, 4.69) is 9.80 Å². The molecule has 1 aromatic carbocycles. The van der Waals surface area contributed by atoms with E-state index in [1.165, 1.54) is 0 Å². The summed E-state index contributed by atoms with van der Waals surface area (Å²) in [5.41, 5.74) is 1.22. The summed E-state index contributed by atoms with van der Waals surface area (Å²) < 4.78 is 0. The highest BCUT2D eigenvalue weighted by Crippen LogP contribution is 2.27. The number of ketones is 2. The van der Waals surface area contributed by atoms with Gasteiger partial charge in [-0.25, -0.2) is 0 Å². The van der Waals surface area contributed by atoms with Crippen LogP contribution in [0, 0.1) is 0 Å². The van der Waals surface area contributed by atoms with Gasteiger partial charge in [-0.3, -0.25) is 9.59 Å². The summed E-state index contributed by atoms with van der Waals surface area (Å²) >= 11 is 3.39. The van der Waals surface area contributed by atoms with Gasteiger partial charge in [-0.2, -0.15) is 0 Å². The van der Waals surface area contributed by atoms with Gasteiger partial charge in [0.1, 0.15) is 0 Å². The van der Waals surface area contributed by atoms with E-state index in [0.29, 0.717) is 11.1 Å². The zero-order valence-corrected chi connectivity index (χ0v) is 15.5. The fourth-order valence-corrected chi connectivity index (χ4v) is 4.66. The first kappa shape index (κ1) is 17.2. The van der Waals surface area contributed by atoms with Gasteiger partial charge in [-0.1, -0.05) is 24.3 Å². The Hall–Kier alpha value is -1.66. The first-order valence-corrected chi connectivity index (χ1v) is 9.82. The number of hydrogen-bond acceptors (Lipinski definition) is 6. The molecule has 0 aromatic heterocycles. The number of benzene rings is 1. The Labute approximate surface area is 151 Å². The number of nitrogens with zero attached hydrogens (tertiary/aromatic N) is 2. The minimum Gasteiger partial charge on any atom is -0.368 e. The van der Waals surface area contributed by atoms with Crippen molar-refractivity contribution in [1.29, 1.82) is 0 Å². The molecular formula is C18H20N2O2S2. The van der Waals surface area contributed by atoms with Gasteiger partial charge in [0, 0.05) is 62.0 Å². The highest BCUT2D eigenvalue weighted by atomic mass is 32.2. The van der Waals surface area contributed by atoms with Crippen LogP contribution in [0.1, 0.15) is 20.7 Å². The molecule has 6 heteroatoms. The molecule has 0 bridgehead atoms. The number of hydrogen-bond donors (Lipinski definition) is 0. The largest absolute Gasteiger partial charge is 0.368 e. The molecule has 1 aromatic rings. The number of carbonyl (C=O) groups excluding carboxylic acids is 2. The average molecular weight is 361 g/mol. The molecular weight excluding hydrogens is 340 g/mol. The molecule has 2 aliphatic rings. The van der Waals surface area contributed by atoms with Crippen LogP contribution >= 0.6 is 23.5 Å². The Morgan fingerprint density at radius 1 is 0.833 bits per heavy atom. The van der Waals surface area contributed by atoms with Crippen LogP contribution in [0.15, 0.2) is 46.5 Å². The Morgan fingerprint density at radius 2 is 1.21 bits per heavy atom. The second-order valence-corrected chi connectivity index (χ2v) is 8.04. The maximum Gasteiger partial charge on any atom is 0.188 e. The van der Waals surface area contributed by atoms with Crippen LogP contribution < -0.4 is 0 Å². The van der Waals surface area contributed by atoms with Gasteiger partial charge in [0.2, 0.25) is 0 Å². The molecule has 126 valence electrons. The van der Waals surface area contributed by atoms with E-state index in [1.54, 1.807) is 59.9 Å². The van der Waals surface area contributed by atoms with Crippen molar-refractivity contribution in [3.63, 3.8) is 0 Å².